The lowest BCUT2D eigenvalue weighted by molar-refractivity contribution is 0.312. The fourth-order valence-corrected chi connectivity index (χ4v) is 3.39. The van der Waals surface area contributed by atoms with Crippen molar-refractivity contribution in [1.82, 2.24) is 14.5 Å². The number of hydrogen-bond acceptors (Lipinski definition) is 3. The first kappa shape index (κ1) is 14.7. The molecule has 24 heavy (non-hydrogen) atoms. The van der Waals surface area contributed by atoms with Crippen LogP contribution in [0.25, 0.3) is 23.2 Å². The van der Waals surface area contributed by atoms with Crippen LogP contribution in [0, 0.1) is 11.3 Å². The fourth-order valence-electron chi connectivity index (χ4n) is 3.39. The van der Waals surface area contributed by atoms with E-state index in [2.05, 4.69) is 39.8 Å². The minimum Gasteiger partial charge on any atom is -0.320 e. The number of hydrogen-bond donors (Lipinski definition) is 0. The lowest BCUT2D eigenvalue weighted by atomic mass is 10.0. The van der Waals surface area contributed by atoms with Crippen LogP contribution in [0.15, 0.2) is 42.6 Å². The van der Waals surface area contributed by atoms with Crippen LogP contribution in [0.5, 0.6) is 0 Å². The number of rotatable bonds is 2. The molecule has 0 atom stereocenters. The second kappa shape index (κ2) is 5.95. The Hall–Kier alpha value is -2.90. The third-order valence-electron chi connectivity index (χ3n) is 4.59. The number of pyridine rings is 1. The van der Waals surface area contributed by atoms with Gasteiger partial charge in [-0.15, -0.1) is 0 Å². The summed E-state index contributed by atoms with van der Waals surface area (Å²) in [6.45, 7) is 1.97. The Morgan fingerprint density at radius 2 is 2.17 bits per heavy atom. The molecule has 2 aromatic heterocycles. The number of fused-ring (bicyclic) bond motifs is 3. The Morgan fingerprint density at radius 1 is 1.25 bits per heavy atom. The summed E-state index contributed by atoms with van der Waals surface area (Å²) in [4.78, 5) is 6.69. The summed E-state index contributed by atoms with van der Waals surface area (Å²) in [7, 11) is 2.14. The molecule has 4 heteroatoms. The molecule has 1 aromatic carbocycles. The monoisotopic (exact) mass is 314 g/mol. The van der Waals surface area contributed by atoms with E-state index in [4.69, 9.17) is 0 Å². The number of likely N-dealkylation sites (N-methyl/N-ethyl adjacent to an activating group) is 1. The van der Waals surface area contributed by atoms with Crippen molar-refractivity contribution in [3.63, 3.8) is 0 Å². The maximum absolute atomic E-state index is 9.22. The third-order valence-corrected chi connectivity index (χ3v) is 4.59. The van der Waals surface area contributed by atoms with Gasteiger partial charge >= 0.3 is 0 Å². The summed E-state index contributed by atoms with van der Waals surface area (Å²) in [5.74, 6) is 0. The molecule has 0 N–H and O–H groups in total. The van der Waals surface area contributed by atoms with Gasteiger partial charge in [0, 0.05) is 43.0 Å². The normalized spacial score (nSPS) is 14.8. The zero-order chi connectivity index (χ0) is 16.5. The van der Waals surface area contributed by atoms with E-state index in [-0.39, 0.29) is 0 Å². The van der Waals surface area contributed by atoms with Gasteiger partial charge in [-0.1, -0.05) is 6.07 Å². The van der Waals surface area contributed by atoms with Crippen molar-refractivity contribution in [2.75, 3.05) is 13.6 Å². The van der Waals surface area contributed by atoms with Crippen molar-refractivity contribution in [1.29, 1.82) is 5.26 Å². The van der Waals surface area contributed by atoms with Crippen LogP contribution in [-0.2, 0) is 13.0 Å². The van der Waals surface area contributed by atoms with Gasteiger partial charge in [-0.3, -0.25) is 4.98 Å². The van der Waals surface area contributed by atoms with Crippen molar-refractivity contribution < 1.29 is 0 Å². The molecule has 0 saturated heterocycles. The molecular formula is C20H18N4. The highest BCUT2D eigenvalue weighted by molar-refractivity contribution is 5.89. The van der Waals surface area contributed by atoms with E-state index >= 15 is 0 Å². The van der Waals surface area contributed by atoms with Gasteiger partial charge in [0.25, 0.3) is 0 Å². The van der Waals surface area contributed by atoms with E-state index in [9.17, 15) is 5.26 Å². The molecule has 0 unspecified atom stereocenters. The van der Waals surface area contributed by atoms with E-state index < -0.39 is 0 Å². The molecule has 4 rings (SSSR count). The third kappa shape index (κ3) is 2.49. The van der Waals surface area contributed by atoms with Crippen LogP contribution in [0.2, 0.25) is 0 Å². The smallest absolute Gasteiger partial charge is 0.0991 e. The molecule has 0 amide bonds. The topological polar surface area (TPSA) is 44.9 Å². The second-order valence-corrected chi connectivity index (χ2v) is 6.20. The van der Waals surface area contributed by atoms with E-state index in [1.54, 1.807) is 6.20 Å². The predicted molar refractivity (Wildman–Crippen MR) is 96.2 cm³/mol. The molecule has 1 aliphatic heterocycles. The van der Waals surface area contributed by atoms with E-state index in [0.29, 0.717) is 5.56 Å². The summed E-state index contributed by atoms with van der Waals surface area (Å²) in [6, 6.07) is 14.1. The van der Waals surface area contributed by atoms with Crippen molar-refractivity contribution in [2.45, 2.75) is 13.0 Å². The highest BCUT2D eigenvalue weighted by Gasteiger charge is 2.21. The Morgan fingerprint density at radius 3 is 2.96 bits per heavy atom. The molecule has 118 valence electrons. The summed E-state index contributed by atoms with van der Waals surface area (Å²) in [5, 5.41) is 10.4. The van der Waals surface area contributed by atoms with Crippen LogP contribution >= 0.6 is 0 Å². The van der Waals surface area contributed by atoms with Gasteiger partial charge in [-0.25, -0.2) is 0 Å². The maximum atomic E-state index is 9.22. The quantitative estimate of drug-likeness (QED) is 0.727. The number of benzene rings is 1. The zero-order valence-electron chi connectivity index (χ0n) is 13.6. The van der Waals surface area contributed by atoms with Gasteiger partial charge in [-0.2, -0.15) is 5.26 Å². The Kier molecular flexibility index (Phi) is 3.64. The van der Waals surface area contributed by atoms with Crippen molar-refractivity contribution in [3.05, 3.63) is 65.1 Å². The molecular weight excluding hydrogens is 296 g/mol. The van der Waals surface area contributed by atoms with Gasteiger partial charge in [-0.05, 0) is 49.0 Å². The molecule has 0 fully saturated rings. The molecule has 0 spiro atoms. The first-order valence-corrected chi connectivity index (χ1v) is 8.10. The van der Waals surface area contributed by atoms with Crippen molar-refractivity contribution in [2.24, 2.45) is 0 Å². The van der Waals surface area contributed by atoms with Gasteiger partial charge in [0.15, 0.2) is 0 Å². The molecule has 4 nitrogen and oxygen atoms in total. The Labute approximate surface area is 141 Å². The average molecular weight is 314 g/mol. The highest BCUT2D eigenvalue weighted by atomic mass is 15.1. The molecule has 0 saturated carbocycles. The predicted octanol–water partition coefficient (Wildman–Crippen LogP) is 3.52. The van der Waals surface area contributed by atoms with E-state index in [1.807, 2.05) is 36.4 Å². The molecule has 3 aromatic rings. The van der Waals surface area contributed by atoms with Crippen LogP contribution in [0.3, 0.4) is 0 Å². The fraction of sp³-hybridized carbons (Fsp3) is 0.200. The first-order chi connectivity index (χ1) is 11.8. The minimum absolute atomic E-state index is 0.712. The largest absolute Gasteiger partial charge is 0.320 e. The zero-order valence-corrected chi connectivity index (χ0v) is 13.6. The van der Waals surface area contributed by atoms with Crippen LogP contribution in [0.4, 0.5) is 0 Å². The lowest BCUT2D eigenvalue weighted by Crippen LogP contribution is -2.26. The summed E-state index contributed by atoms with van der Waals surface area (Å²) < 4.78 is 2.26. The van der Waals surface area contributed by atoms with Gasteiger partial charge < -0.3 is 9.47 Å². The Bertz CT molecular complexity index is 961. The Balaban J connectivity index is 1.89. The van der Waals surface area contributed by atoms with Gasteiger partial charge in [0.05, 0.1) is 22.8 Å². The molecule has 0 aliphatic carbocycles. The van der Waals surface area contributed by atoms with Crippen molar-refractivity contribution >= 4 is 23.2 Å². The van der Waals surface area contributed by atoms with E-state index in [0.717, 1.165) is 30.7 Å². The number of nitriles is 1. The second-order valence-electron chi connectivity index (χ2n) is 6.20. The lowest BCUT2D eigenvalue weighted by Gasteiger charge is -2.23. The van der Waals surface area contributed by atoms with Crippen LogP contribution in [-0.4, -0.2) is 28.0 Å². The molecule has 0 radical (unpaired) electrons. The maximum Gasteiger partial charge on any atom is 0.0991 e. The van der Waals surface area contributed by atoms with Crippen molar-refractivity contribution in [3.8, 4) is 6.07 Å². The number of nitrogens with zero attached hydrogens (tertiary/aromatic N) is 4. The first-order valence-electron chi connectivity index (χ1n) is 8.10. The van der Waals surface area contributed by atoms with Crippen LogP contribution in [0.1, 0.15) is 22.5 Å². The highest BCUT2D eigenvalue weighted by Crippen LogP contribution is 2.31. The SMILES string of the molecule is CN1CCc2c(c3cc(C#N)ccc3n2C=Cc2ccccn2)C1. The van der Waals surface area contributed by atoms with Gasteiger partial charge in [0.2, 0.25) is 0 Å². The minimum atomic E-state index is 0.712. The average Bonchev–Trinajstić information content (AvgIpc) is 2.93. The molecule has 0 bridgehead atoms. The summed E-state index contributed by atoms with van der Waals surface area (Å²) in [6.07, 6.45) is 6.95. The van der Waals surface area contributed by atoms with Gasteiger partial charge in [0.1, 0.15) is 0 Å². The number of aromatic nitrogens is 2. The molecule has 1 aliphatic rings. The summed E-state index contributed by atoms with van der Waals surface area (Å²) >= 11 is 0. The van der Waals surface area contributed by atoms with Crippen LogP contribution < -0.4 is 0 Å². The summed E-state index contributed by atoms with van der Waals surface area (Å²) in [5.41, 5.74) is 5.48. The standard InChI is InChI=1S/C20H18N4/c1-23-10-8-20-18(14-23)17-12-15(13-21)5-6-19(17)24(20)11-7-16-4-2-3-9-22-16/h2-7,9,11-12H,8,10,14H2,1H3. The molecule has 3 heterocycles. The van der Waals surface area contributed by atoms with E-state index in [1.165, 1.54) is 16.6 Å².